The van der Waals surface area contributed by atoms with E-state index in [0.29, 0.717) is 18.6 Å². The molecule has 0 radical (unpaired) electrons. The van der Waals surface area contributed by atoms with Gasteiger partial charge in [0, 0.05) is 19.4 Å². The van der Waals surface area contributed by atoms with Crippen LogP contribution in [0, 0.1) is 13.8 Å². The average molecular weight is 219 g/mol. The van der Waals surface area contributed by atoms with Gasteiger partial charge in [0.2, 0.25) is 0 Å². The number of carbonyl (C=O) groups is 1. The van der Waals surface area contributed by atoms with Crippen molar-refractivity contribution in [3.63, 3.8) is 0 Å². The second-order valence-corrected chi connectivity index (χ2v) is 4.76. The third-order valence-electron chi connectivity index (χ3n) is 2.52. The molecule has 0 saturated heterocycles. The highest BCUT2D eigenvalue weighted by atomic mass is 16.1. The van der Waals surface area contributed by atoms with Crippen LogP contribution in [0.4, 0.5) is 0 Å². The molecule has 0 aliphatic rings. The highest BCUT2D eigenvalue weighted by Crippen LogP contribution is 2.10. The van der Waals surface area contributed by atoms with Crippen molar-refractivity contribution in [2.24, 2.45) is 0 Å². The van der Waals surface area contributed by atoms with Crippen LogP contribution in [0.25, 0.3) is 0 Å². The Morgan fingerprint density at radius 1 is 1.12 bits per heavy atom. The minimum Gasteiger partial charge on any atom is -0.309 e. The molecule has 0 aromatic heterocycles. The summed E-state index contributed by atoms with van der Waals surface area (Å²) in [6, 6.07) is 6.33. The Kier molecular flexibility index (Phi) is 4.69. The molecule has 0 aliphatic carbocycles. The molecule has 0 saturated carbocycles. The van der Waals surface area contributed by atoms with E-state index in [4.69, 9.17) is 0 Å². The number of hydrogen-bond donors (Lipinski definition) is 0. The monoisotopic (exact) mass is 219 g/mol. The number of nitrogens with zero attached hydrogens (tertiary/aromatic N) is 1. The van der Waals surface area contributed by atoms with Crippen LogP contribution >= 0.6 is 0 Å². The number of ketones is 1. The van der Waals surface area contributed by atoms with E-state index in [1.54, 1.807) is 0 Å². The Bertz CT molecular complexity index is 349. The Hall–Kier alpha value is -1.15. The van der Waals surface area contributed by atoms with Crippen LogP contribution in [-0.4, -0.2) is 31.3 Å². The quantitative estimate of drug-likeness (QED) is 0.757. The first-order valence-electron chi connectivity index (χ1n) is 5.71. The SMILES string of the molecule is Cc1cc(C)cc(CC(=O)CCN(C)C)c1. The van der Waals surface area contributed by atoms with E-state index < -0.39 is 0 Å². The summed E-state index contributed by atoms with van der Waals surface area (Å²) in [5.41, 5.74) is 3.60. The number of rotatable bonds is 5. The second-order valence-electron chi connectivity index (χ2n) is 4.76. The van der Waals surface area contributed by atoms with Gasteiger partial charge in [0.1, 0.15) is 5.78 Å². The van der Waals surface area contributed by atoms with E-state index in [0.717, 1.165) is 12.1 Å². The molecule has 16 heavy (non-hydrogen) atoms. The van der Waals surface area contributed by atoms with Crippen LogP contribution in [0.1, 0.15) is 23.1 Å². The maximum Gasteiger partial charge on any atom is 0.138 e. The minimum absolute atomic E-state index is 0.318. The van der Waals surface area contributed by atoms with E-state index in [9.17, 15) is 4.79 Å². The number of hydrogen-bond acceptors (Lipinski definition) is 2. The van der Waals surface area contributed by atoms with Gasteiger partial charge in [-0.2, -0.15) is 0 Å². The second kappa shape index (κ2) is 5.80. The lowest BCUT2D eigenvalue weighted by molar-refractivity contribution is -0.118. The van der Waals surface area contributed by atoms with Crippen LogP contribution in [-0.2, 0) is 11.2 Å². The van der Waals surface area contributed by atoms with Crippen molar-refractivity contribution in [3.8, 4) is 0 Å². The van der Waals surface area contributed by atoms with Crippen molar-refractivity contribution >= 4 is 5.78 Å². The van der Waals surface area contributed by atoms with Crippen molar-refractivity contribution < 1.29 is 4.79 Å². The van der Waals surface area contributed by atoms with E-state index in [1.807, 2.05) is 19.0 Å². The molecule has 0 fully saturated rings. The van der Waals surface area contributed by atoms with Crippen LogP contribution in [0.3, 0.4) is 0 Å². The van der Waals surface area contributed by atoms with Gasteiger partial charge in [-0.1, -0.05) is 29.3 Å². The summed E-state index contributed by atoms with van der Waals surface area (Å²) in [5, 5.41) is 0. The molecule has 1 rings (SSSR count). The lowest BCUT2D eigenvalue weighted by Crippen LogP contribution is -2.17. The zero-order valence-electron chi connectivity index (χ0n) is 10.7. The van der Waals surface area contributed by atoms with E-state index >= 15 is 0 Å². The number of Topliss-reactive ketones (excluding diaryl/α,β-unsaturated/α-hetero) is 1. The summed E-state index contributed by atoms with van der Waals surface area (Å²) < 4.78 is 0. The molecule has 0 bridgehead atoms. The molecule has 0 aliphatic heterocycles. The molecule has 0 unspecified atom stereocenters. The van der Waals surface area contributed by atoms with Gasteiger partial charge in [-0.05, 0) is 33.5 Å². The molecule has 2 heteroatoms. The largest absolute Gasteiger partial charge is 0.309 e. The lowest BCUT2D eigenvalue weighted by atomic mass is 10.0. The van der Waals surface area contributed by atoms with E-state index in [1.165, 1.54) is 11.1 Å². The fourth-order valence-corrected chi connectivity index (χ4v) is 1.84. The molecule has 2 nitrogen and oxygen atoms in total. The lowest BCUT2D eigenvalue weighted by Gasteiger charge is -2.09. The van der Waals surface area contributed by atoms with E-state index in [2.05, 4.69) is 32.0 Å². The fourth-order valence-electron chi connectivity index (χ4n) is 1.84. The Morgan fingerprint density at radius 2 is 1.69 bits per heavy atom. The van der Waals surface area contributed by atoms with Gasteiger partial charge in [0.25, 0.3) is 0 Å². The number of aryl methyl sites for hydroxylation is 2. The van der Waals surface area contributed by atoms with Crippen molar-refractivity contribution in [2.45, 2.75) is 26.7 Å². The van der Waals surface area contributed by atoms with Crippen molar-refractivity contribution in [2.75, 3.05) is 20.6 Å². The fraction of sp³-hybridized carbons (Fsp3) is 0.500. The van der Waals surface area contributed by atoms with Gasteiger partial charge in [-0.25, -0.2) is 0 Å². The Labute approximate surface area is 98.3 Å². The summed E-state index contributed by atoms with van der Waals surface area (Å²) >= 11 is 0. The predicted octanol–water partition coefficient (Wildman–Crippen LogP) is 2.37. The third-order valence-corrected chi connectivity index (χ3v) is 2.52. The molecule has 1 aromatic carbocycles. The van der Waals surface area contributed by atoms with Gasteiger partial charge >= 0.3 is 0 Å². The molecular formula is C14H21NO. The maximum atomic E-state index is 11.7. The van der Waals surface area contributed by atoms with Crippen LogP contribution in [0.5, 0.6) is 0 Å². The summed E-state index contributed by atoms with van der Waals surface area (Å²) in [6.45, 7) is 4.98. The van der Waals surface area contributed by atoms with Crippen LogP contribution in [0.15, 0.2) is 18.2 Å². The zero-order valence-corrected chi connectivity index (χ0v) is 10.7. The first kappa shape index (κ1) is 12.9. The predicted molar refractivity (Wildman–Crippen MR) is 67.8 cm³/mol. The van der Waals surface area contributed by atoms with Gasteiger partial charge in [0.05, 0.1) is 0 Å². The topological polar surface area (TPSA) is 20.3 Å². The normalized spacial score (nSPS) is 10.8. The van der Waals surface area contributed by atoms with Gasteiger partial charge in [-0.15, -0.1) is 0 Å². The summed E-state index contributed by atoms with van der Waals surface area (Å²) in [4.78, 5) is 13.8. The molecule has 0 spiro atoms. The standard InChI is InChI=1S/C14H21NO/c1-11-7-12(2)9-13(8-11)10-14(16)5-6-15(3)4/h7-9H,5-6,10H2,1-4H3. The highest BCUT2D eigenvalue weighted by molar-refractivity contribution is 5.81. The molecule has 0 heterocycles. The van der Waals surface area contributed by atoms with Crippen LogP contribution < -0.4 is 0 Å². The summed E-state index contributed by atoms with van der Waals surface area (Å²) in [7, 11) is 3.98. The highest BCUT2D eigenvalue weighted by Gasteiger charge is 2.05. The molecular weight excluding hydrogens is 198 g/mol. The van der Waals surface area contributed by atoms with Gasteiger partial charge in [0.15, 0.2) is 0 Å². The van der Waals surface area contributed by atoms with Crippen molar-refractivity contribution in [1.82, 2.24) is 4.90 Å². The number of carbonyl (C=O) groups excluding carboxylic acids is 1. The third kappa shape index (κ3) is 4.58. The number of benzene rings is 1. The molecule has 88 valence electrons. The minimum atomic E-state index is 0.318. The van der Waals surface area contributed by atoms with Gasteiger partial charge in [-0.3, -0.25) is 4.79 Å². The van der Waals surface area contributed by atoms with Crippen molar-refractivity contribution in [1.29, 1.82) is 0 Å². The molecule has 0 N–H and O–H groups in total. The Balaban J connectivity index is 2.56. The molecule has 0 atom stereocenters. The smallest absolute Gasteiger partial charge is 0.138 e. The molecule has 1 aromatic rings. The Morgan fingerprint density at radius 3 is 2.19 bits per heavy atom. The maximum absolute atomic E-state index is 11.7. The summed E-state index contributed by atoms with van der Waals surface area (Å²) in [5.74, 6) is 0.318. The van der Waals surface area contributed by atoms with Crippen LogP contribution in [0.2, 0.25) is 0 Å². The molecule has 0 amide bonds. The van der Waals surface area contributed by atoms with E-state index in [-0.39, 0.29) is 0 Å². The summed E-state index contributed by atoms with van der Waals surface area (Å²) in [6.07, 6.45) is 1.20. The van der Waals surface area contributed by atoms with Crippen molar-refractivity contribution in [3.05, 3.63) is 34.9 Å². The first-order valence-corrected chi connectivity index (χ1v) is 5.71. The zero-order chi connectivity index (χ0) is 12.1. The van der Waals surface area contributed by atoms with Gasteiger partial charge < -0.3 is 4.90 Å². The first-order chi connectivity index (χ1) is 7.47. The average Bonchev–Trinajstić information content (AvgIpc) is 2.12.